The molecule has 0 aliphatic heterocycles. The Balaban J connectivity index is 1.33. The number of anilines is 2. The molecule has 4 nitrogen and oxygen atoms in total. The zero-order valence-electron chi connectivity index (χ0n) is 29.2. The van der Waals surface area contributed by atoms with Gasteiger partial charge in [-0.3, -0.25) is 0 Å². The number of aryl methyl sites for hydroxylation is 2. The van der Waals surface area contributed by atoms with E-state index < -0.39 is 5.41 Å². The van der Waals surface area contributed by atoms with Crippen molar-refractivity contribution in [3.63, 3.8) is 0 Å². The Bertz CT molecular complexity index is 2040. The normalized spacial score (nSPS) is 13.0. The maximum absolute atomic E-state index is 6.43. The molecule has 6 aromatic carbocycles. The van der Waals surface area contributed by atoms with Crippen LogP contribution in [-0.2, 0) is 5.41 Å². The van der Waals surface area contributed by atoms with Gasteiger partial charge in [-0.05, 0) is 106 Å². The van der Waals surface area contributed by atoms with Crippen LogP contribution in [0.1, 0.15) is 84.0 Å². The molecule has 7 rings (SSSR count). The number of hydrogen-bond donors (Lipinski definition) is 2. The molecule has 0 amide bonds. The van der Waals surface area contributed by atoms with Crippen LogP contribution >= 0.6 is 0 Å². The summed E-state index contributed by atoms with van der Waals surface area (Å²) in [6.45, 7) is 12.8. The maximum atomic E-state index is 6.43. The van der Waals surface area contributed by atoms with Crippen LogP contribution in [0.15, 0.2) is 121 Å². The van der Waals surface area contributed by atoms with Gasteiger partial charge in [-0.25, -0.2) is 0 Å². The molecule has 4 N–H and O–H groups in total. The van der Waals surface area contributed by atoms with Crippen LogP contribution in [0.2, 0.25) is 0 Å². The van der Waals surface area contributed by atoms with E-state index in [2.05, 4.69) is 139 Å². The molecule has 0 unspecified atom stereocenters. The highest BCUT2D eigenvalue weighted by Crippen LogP contribution is 2.56. The molecule has 1 aliphatic carbocycles. The third-order valence-electron chi connectivity index (χ3n) is 9.98. The van der Waals surface area contributed by atoms with Crippen LogP contribution in [0.25, 0.3) is 11.1 Å². The Hall–Kier alpha value is -5.48. The summed E-state index contributed by atoms with van der Waals surface area (Å²) in [6.07, 6.45) is 0. The van der Waals surface area contributed by atoms with Crippen LogP contribution in [0.4, 0.5) is 11.4 Å². The molecule has 0 radical (unpaired) electrons. The average Bonchev–Trinajstić information content (AvgIpc) is 3.37. The van der Waals surface area contributed by atoms with Crippen LogP contribution in [-0.4, -0.2) is 0 Å². The van der Waals surface area contributed by atoms with Crippen LogP contribution in [0, 0.1) is 13.8 Å². The van der Waals surface area contributed by atoms with Crippen molar-refractivity contribution in [2.75, 3.05) is 11.5 Å². The van der Waals surface area contributed by atoms with E-state index in [4.69, 9.17) is 20.9 Å². The summed E-state index contributed by atoms with van der Waals surface area (Å²) in [5.41, 5.74) is 25.4. The number of nitrogens with two attached hydrogens (primary N) is 2. The largest absolute Gasteiger partial charge is 0.457 e. The Morgan fingerprint density at radius 3 is 1.27 bits per heavy atom. The Morgan fingerprint density at radius 2 is 0.898 bits per heavy atom. The van der Waals surface area contributed by atoms with E-state index >= 15 is 0 Å². The minimum atomic E-state index is -0.549. The van der Waals surface area contributed by atoms with Crippen LogP contribution in [0.3, 0.4) is 0 Å². The van der Waals surface area contributed by atoms with Gasteiger partial charge in [0.05, 0.1) is 5.41 Å². The first-order chi connectivity index (χ1) is 23.6. The zero-order chi connectivity index (χ0) is 34.4. The molecular weight excluding hydrogens is 601 g/mol. The van der Waals surface area contributed by atoms with Gasteiger partial charge in [0, 0.05) is 23.5 Å². The van der Waals surface area contributed by atoms with Crippen molar-refractivity contribution in [3.8, 4) is 34.1 Å². The van der Waals surface area contributed by atoms with Gasteiger partial charge in [-0.1, -0.05) is 113 Å². The lowest BCUT2D eigenvalue weighted by atomic mass is 9.67. The van der Waals surface area contributed by atoms with E-state index in [1.54, 1.807) is 0 Å². The SMILES string of the molecule is Cc1cc(C2(c3ccc(Oc4ccc(C(C)C)c(N)c4)c(C)c3)c3ccccc3-c3ccccc32)ccc1Oc1ccc(C(C)C)c(N)c1. The first-order valence-corrected chi connectivity index (χ1v) is 17.1. The molecule has 0 saturated heterocycles. The molecule has 4 heteroatoms. The Labute approximate surface area is 290 Å². The molecule has 0 fully saturated rings. The fourth-order valence-corrected chi connectivity index (χ4v) is 7.56. The number of benzene rings is 6. The van der Waals surface area contributed by atoms with Gasteiger partial charge in [0.15, 0.2) is 0 Å². The van der Waals surface area contributed by atoms with E-state index in [9.17, 15) is 0 Å². The molecule has 246 valence electrons. The summed E-state index contributed by atoms with van der Waals surface area (Å²) >= 11 is 0. The first kappa shape index (κ1) is 32.1. The van der Waals surface area contributed by atoms with Crippen LogP contribution in [0.5, 0.6) is 23.0 Å². The number of nitrogen functional groups attached to an aromatic ring is 2. The molecule has 0 aromatic heterocycles. The fraction of sp³-hybridized carbons (Fsp3) is 0.200. The van der Waals surface area contributed by atoms with Gasteiger partial charge in [-0.15, -0.1) is 0 Å². The smallest absolute Gasteiger partial charge is 0.130 e. The summed E-state index contributed by atoms with van der Waals surface area (Å²) < 4.78 is 12.9. The van der Waals surface area contributed by atoms with Crippen molar-refractivity contribution in [2.24, 2.45) is 0 Å². The lowest BCUT2D eigenvalue weighted by molar-refractivity contribution is 0.478. The number of ether oxygens (including phenoxy) is 2. The maximum Gasteiger partial charge on any atom is 0.130 e. The van der Waals surface area contributed by atoms with E-state index in [0.29, 0.717) is 11.8 Å². The van der Waals surface area contributed by atoms with Gasteiger partial charge in [0.25, 0.3) is 0 Å². The zero-order valence-corrected chi connectivity index (χ0v) is 29.2. The van der Waals surface area contributed by atoms with Crippen molar-refractivity contribution in [1.82, 2.24) is 0 Å². The van der Waals surface area contributed by atoms with Gasteiger partial charge < -0.3 is 20.9 Å². The van der Waals surface area contributed by atoms with E-state index in [-0.39, 0.29) is 0 Å². The Morgan fingerprint density at radius 1 is 0.490 bits per heavy atom. The van der Waals surface area contributed by atoms with Crippen molar-refractivity contribution in [3.05, 3.63) is 166 Å². The molecule has 0 heterocycles. The monoisotopic (exact) mass is 644 g/mol. The summed E-state index contributed by atoms with van der Waals surface area (Å²) in [7, 11) is 0. The third kappa shape index (κ3) is 5.51. The highest BCUT2D eigenvalue weighted by Gasteiger charge is 2.46. The van der Waals surface area contributed by atoms with Crippen molar-refractivity contribution >= 4 is 11.4 Å². The molecule has 0 spiro atoms. The number of rotatable bonds is 8. The molecule has 1 aliphatic rings. The second-order valence-electron chi connectivity index (χ2n) is 13.9. The topological polar surface area (TPSA) is 70.5 Å². The molecule has 6 aromatic rings. The molecular formula is C45H44N2O2. The van der Waals surface area contributed by atoms with Gasteiger partial charge in [-0.2, -0.15) is 0 Å². The fourth-order valence-electron chi connectivity index (χ4n) is 7.56. The lowest BCUT2D eigenvalue weighted by Crippen LogP contribution is -2.28. The summed E-state index contributed by atoms with van der Waals surface area (Å²) in [5.74, 6) is 3.77. The molecule has 0 saturated carbocycles. The number of fused-ring (bicyclic) bond motifs is 3. The quantitative estimate of drug-likeness (QED) is 0.162. The first-order valence-electron chi connectivity index (χ1n) is 17.1. The summed E-state index contributed by atoms with van der Waals surface area (Å²) in [6, 6.07) is 42.7. The van der Waals surface area contributed by atoms with E-state index in [0.717, 1.165) is 56.6 Å². The minimum Gasteiger partial charge on any atom is -0.457 e. The summed E-state index contributed by atoms with van der Waals surface area (Å²) in [5, 5.41) is 0. The highest BCUT2D eigenvalue weighted by atomic mass is 16.5. The second-order valence-corrected chi connectivity index (χ2v) is 13.9. The molecule has 49 heavy (non-hydrogen) atoms. The summed E-state index contributed by atoms with van der Waals surface area (Å²) in [4.78, 5) is 0. The van der Waals surface area contributed by atoms with Gasteiger partial charge in [0.1, 0.15) is 23.0 Å². The third-order valence-corrected chi connectivity index (χ3v) is 9.98. The van der Waals surface area contributed by atoms with Gasteiger partial charge >= 0.3 is 0 Å². The van der Waals surface area contributed by atoms with Crippen molar-refractivity contribution in [1.29, 1.82) is 0 Å². The van der Waals surface area contributed by atoms with E-state index in [1.807, 2.05) is 24.3 Å². The van der Waals surface area contributed by atoms with Crippen molar-refractivity contribution in [2.45, 2.75) is 58.8 Å². The van der Waals surface area contributed by atoms with Crippen molar-refractivity contribution < 1.29 is 9.47 Å². The van der Waals surface area contributed by atoms with Crippen LogP contribution < -0.4 is 20.9 Å². The predicted molar refractivity (Wildman–Crippen MR) is 203 cm³/mol. The highest BCUT2D eigenvalue weighted by molar-refractivity contribution is 5.86. The Kier molecular flexibility index (Phi) is 8.20. The minimum absolute atomic E-state index is 0.350. The average molecular weight is 645 g/mol. The molecule has 0 bridgehead atoms. The second kappa shape index (κ2) is 12.5. The van der Waals surface area contributed by atoms with E-state index in [1.165, 1.54) is 33.4 Å². The molecule has 0 atom stereocenters. The van der Waals surface area contributed by atoms with Gasteiger partial charge in [0.2, 0.25) is 0 Å². The lowest BCUT2D eigenvalue weighted by Gasteiger charge is -2.34. The predicted octanol–water partition coefficient (Wildman–Crippen LogP) is 11.7. The standard InChI is InChI=1S/C45H44N2O2/c1-27(2)35-19-17-33(25-41(35)46)48-43-21-15-31(23-29(43)5)45(39-13-9-7-11-37(39)38-12-8-10-14-40(38)45)32-16-22-44(30(6)24-32)49-34-18-20-36(28(3)4)42(47)26-34/h7-28H,46-47H2,1-6H3. The number of hydrogen-bond acceptors (Lipinski definition) is 4.